The van der Waals surface area contributed by atoms with Gasteiger partial charge in [-0.15, -0.1) is 0 Å². The van der Waals surface area contributed by atoms with Crippen LogP contribution < -0.4 is 0 Å². The molecule has 0 saturated carbocycles. The highest BCUT2D eigenvalue weighted by molar-refractivity contribution is 5.80. The molecule has 0 aromatic rings. The largest absolute Gasteiger partial charge is 0.275 e. The van der Waals surface area contributed by atoms with Crippen molar-refractivity contribution in [3.05, 3.63) is 12.2 Å². The molecule has 0 aromatic carbocycles. The van der Waals surface area contributed by atoms with E-state index in [1.165, 1.54) is 18.6 Å². The van der Waals surface area contributed by atoms with Crippen LogP contribution in [0, 0.1) is 22.7 Å². The fourth-order valence-corrected chi connectivity index (χ4v) is 2.88. The van der Waals surface area contributed by atoms with Crippen molar-refractivity contribution in [2.24, 2.45) is 22.7 Å². The summed E-state index contributed by atoms with van der Waals surface area (Å²) in [7, 11) is 3.18. The van der Waals surface area contributed by atoms with Crippen LogP contribution in [0.25, 0.3) is 0 Å². The zero-order chi connectivity index (χ0) is 16.8. The fraction of sp³-hybridized carbons (Fsp3) is 0.833. The zero-order valence-electron chi connectivity index (χ0n) is 15.5. The van der Waals surface area contributed by atoms with E-state index in [0.717, 1.165) is 6.42 Å². The van der Waals surface area contributed by atoms with Gasteiger partial charge in [-0.25, -0.2) is 5.06 Å². The molecule has 0 fully saturated rings. The lowest BCUT2D eigenvalue weighted by molar-refractivity contribution is -0.179. The summed E-state index contributed by atoms with van der Waals surface area (Å²) in [5.74, 6) is 0.956. The maximum atomic E-state index is 12.2. The summed E-state index contributed by atoms with van der Waals surface area (Å²) in [5, 5.41) is 1.32. The second-order valence-electron chi connectivity index (χ2n) is 8.18. The molecule has 0 aromatic heterocycles. The summed E-state index contributed by atoms with van der Waals surface area (Å²) in [5.41, 5.74) is -0.0643. The van der Waals surface area contributed by atoms with Gasteiger partial charge in [0.15, 0.2) is 0 Å². The normalized spacial score (nSPS) is 16.0. The molecule has 0 rings (SSSR count). The van der Waals surface area contributed by atoms with Crippen molar-refractivity contribution in [3.63, 3.8) is 0 Å². The van der Waals surface area contributed by atoms with E-state index in [9.17, 15) is 4.79 Å². The molecule has 3 nitrogen and oxygen atoms in total. The van der Waals surface area contributed by atoms with Gasteiger partial charge in [-0.3, -0.25) is 9.63 Å². The van der Waals surface area contributed by atoms with Gasteiger partial charge >= 0.3 is 0 Å². The van der Waals surface area contributed by atoms with Crippen LogP contribution in [0.3, 0.4) is 0 Å². The molecule has 21 heavy (non-hydrogen) atoms. The number of carbonyl (C=O) groups is 1. The molecule has 0 bridgehead atoms. The monoisotopic (exact) mass is 297 g/mol. The molecule has 0 spiro atoms. The maximum Gasteiger partial charge on any atom is 0.251 e. The Morgan fingerprint density at radius 2 is 1.48 bits per heavy atom. The van der Waals surface area contributed by atoms with Gasteiger partial charge in [-0.05, 0) is 30.1 Å². The third kappa shape index (κ3) is 8.25. The third-order valence-electron chi connectivity index (χ3n) is 3.67. The minimum atomic E-state index is -0.415. The quantitative estimate of drug-likeness (QED) is 0.504. The third-order valence-corrected chi connectivity index (χ3v) is 3.67. The molecule has 0 saturated heterocycles. The van der Waals surface area contributed by atoms with Crippen molar-refractivity contribution in [1.82, 2.24) is 5.06 Å². The van der Waals surface area contributed by atoms with Crippen LogP contribution in [-0.2, 0) is 9.63 Å². The standard InChI is InChI=1S/C18H35NO2/c1-14(12-17(3,4)5)10-11-15(2)13-18(6,7)16(20)19(8)21-9/h10-11,14-15H,12-13H2,1-9H3/b11-10-. The molecular formula is C18H35NO2. The number of amides is 1. The lowest BCUT2D eigenvalue weighted by atomic mass is 9.81. The summed E-state index contributed by atoms with van der Waals surface area (Å²) in [6.07, 6.45) is 6.53. The van der Waals surface area contributed by atoms with Gasteiger partial charge in [0.2, 0.25) is 0 Å². The van der Waals surface area contributed by atoms with E-state index in [2.05, 4.69) is 46.8 Å². The smallest absolute Gasteiger partial charge is 0.251 e. The number of hydrogen-bond donors (Lipinski definition) is 0. The molecular weight excluding hydrogens is 262 g/mol. The lowest BCUT2D eigenvalue weighted by Gasteiger charge is -2.29. The van der Waals surface area contributed by atoms with Gasteiger partial charge in [-0.1, -0.05) is 60.6 Å². The van der Waals surface area contributed by atoms with Crippen LogP contribution in [0.2, 0.25) is 0 Å². The van der Waals surface area contributed by atoms with E-state index in [4.69, 9.17) is 4.84 Å². The average molecular weight is 297 g/mol. The van der Waals surface area contributed by atoms with Gasteiger partial charge in [-0.2, -0.15) is 0 Å². The average Bonchev–Trinajstić information content (AvgIpc) is 2.31. The molecule has 1 amide bonds. The maximum absolute atomic E-state index is 12.2. The molecule has 124 valence electrons. The highest BCUT2D eigenvalue weighted by atomic mass is 16.7. The highest BCUT2D eigenvalue weighted by Gasteiger charge is 2.31. The van der Waals surface area contributed by atoms with Crippen molar-refractivity contribution < 1.29 is 9.63 Å². The molecule has 0 aliphatic rings. The lowest BCUT2D eigenvalue weighted by Crippen LogP contribution is -2.38. The Morgan fingerprint density at radius 1 is 1.05 bits per heavy atom. The van der Waals surface area contributed by atoms with Crippen molar-refractivity contribution in [1.29, 1.82) is 0 Å². The predicted molar refractivity (Wildman–Crippen MR) is 89.7 cm³/mol. The van der Waals surface area contributed by atoms with Gasteiger partial charge < -0.3 is 0 Å². The zero-order valence-corrected chi connectivity index (χ0v) is 15.5. The minimum Gasteiger partial charge on any atom is -0.275 e. The first-order valence-electron chi connectivity index (χ1n) is 7.89. The van der Waals surface area contributed by atoms with Crippen molar-refractivity contribution in [3.8, 4) is 0 Å². The predicted octanol–water partition coefficient (Wildman–Crippen LogP) is 4.69. The summed E-state index contributed by atoms with van der Waals surface area (Å²) < 4.78 is 0. The van der Waals surface area contributed by atoms with Gasteiger partial charge in [0, 0.05) is 12.5 Å². The fourth-order valence-electron chi connectivity index (χ4n) is 2.88. The van der Waals surface area contributed by atoms with Gasteiger partial charge in [0.25, 0.3) is 5.91 Å². The minimum absolute atomic E-state index is 0.0213. The van der Waals surface area contributed by atoms with Crippen LogP contribution in [0.15, 0.2) is 12.2 Å². The Balaban J connectivity index is 4.54. The van der Waals surface area contributed by atoms with E-state index in [-0.39, 0.29) is 5.91 Å². The number of hydrogen-bond acceptors (Lipinski definition) is 2. The number of carbonyl (C=O) groups excluding carboxylic acids is 1. The van der Waals surface area contributed by atoms with Crippen LogP contribution in [0.4, 0.5) is 0 Å². The van der Waals surface area contributed by atoms with Crippen LogP contribution >= 0.6 is 0 Å². The van der Waals surface area contributed by atoms with Crippen molar-refractivity contribution in [2.75, 3.05) is 14.2 Å². The Kier molecular flexibility index (Phi) is 7.66. The van der Waals surface area contributed by atoms with Crippen molar-refractivity contribution in [2.45, 2.75) is 61.3 Å². The molecule has 2 unspecified atom stereocenters. The molecule has 0 heterocycles. The second-order valence-corrected chi connectivity index (χ2v) is 8.18. The van der Waals surface area contributed by atoms with Gasteiger partial charge in [0.05, 0.1) is 7.11 Å². The number of rotatable bonds is 7. The Hall–Kier alpha value is -0.830. The summed E-state index contributed by atoms with van der Waals surface area (Å²) in [6, 6.07) is 0. The van der Waals surface area contributed by atoms with Crippen LogP contribution in [-0.4, -0.2) is 25.1 Å². The summed E-state index contributed by atoms with van der Waals surface area (Å²) in [4.78, 5) is 17.2. The first-order chi connectivity index (χ1) is 9.39. The molecule has 0 aliphatic carbocycles. The Bertz CT molecular complexity index is 353. The second kappa shape index (κ2) is 7.98. The van der Waals surface area contributed by atoms with Gasteiger partial charge in [0.1, 0.15) is 0 Å². The summed E-state index contributed by atoms with van der Waals surface area (Å²) in [6.45, 7) is 15.2. The number of nitrogens with zero attached hydrogens (tertiary/aromatic N) is 1. The van der Waals surface area contributed by atoms with E-state index < -0.39 is 5.41 Å². The molecule has 0 radical (unpaired) electrons. The molecule has 0 aliphatic heterocycles. The number of hydroxylamine groups is 2. The SMILES string of the molecule is CON(C)C(=O)C(C)(C)CC(C)/C=C\C(C)CC(C)(C)C. The van der Waals surface area contributed by atoms with Crippen LogP contribution in [0.1, 0.15) is 61.3 Å². The van der Waals surface area contributed by atoms with Crippen LogP contribution in [0.5, 0.6) is 0 Å². The Morgan fingerprint density at radius 3 is 1.86 bits per heavy atom. The Labute approximate surface area is 131 Å². The first-order valence-corrected chi connectivity index (χ1v) is 7.89. The molecule has 3 heteroatoms. The first kappa shape index (κ1) is 20.2. The highest BCUT2D eigenvalue weighted by Crippen LogP contribution is 2.29. The molecule has 2 atom stereocenters. The number of allylic oxidation sites excluding steroid dienone is 2. The molecule has 0 N–H and O–H groups in total. The van der Waals surface area contributed by atoms with E-state index in [1.54, 1.807) is 7.05 Å². The van der Waals surface area contributed by atoms with E-state index in [0.29, 0.717) is 17.3 Å². The van der Waals surface area contributed by atoms with E-state index >= 15 is 0 Å². The van der Waals surface area contributed by atoms with E-state index in [1.807, 2.05) is 13.8 Å². The summed E-state index contributed by atoms with van der Waals surface area (Å²) >= 11 is 0. The van der Waals surface area contributed by atoms with Crippen molar-refractivity contribution >= 4 is 5.91 Å². The topological polar surface area (TPSA) is 29.5 Å².